The Morgan fingerprint density at radius 2 is 1.53 bits per heavy atom. The Hall–Kier alpha value is -3.07. The van der Waals surface area contributed by atoms with E-state index in [-0.39, 0.29) is 12.5 Å². The zero-order valence-corrected chi connectivity index (χ0v) is 23.2. The van der Waals surface area contributed by atoms with E-state index in [9.17, 15) is 18.0 Å². The Morgan fingerprint density at radius 3 is 1.97 bits per heavy atom. The highest BCUT2D eigenvalue weighted by Gasteiger charge is 2.33. The molecule has 2 amide bonds. The second kappa shape index (κ2) is 12.3. The lowest BCUT2D eigenvalue weighted by molar-refractivity contribution is -0.141. The van der Waals surface area contributed by atoms with E-state index in [4.69, 9.17) is 4.74 Å². The first-order valence-electron chi connectivity index (χ1n) is 12.1. The zero-order valence-electron chi connectivity index (χ0n) is 22.4. The molecule has 0 unspecified atom stereocenters. The van der Waals surface area contributed by atoms with E-state index >= 15 is 0 Å². The Morgan fingerprint density at radius 1 is 0.972 bits per heavy atom. The van der Waals surface area contributed by atoms with Gasteiger partial charge in [0.25, 0.3) is 0 Å². The minimum Gasteiger partial charge on any atom is -0.497 e. The normalized spacial score (nSPS) is 12.5. The van der Waals surface area contributed by atoms with Crippen LogP contribution in [0.15, 0.2) is 48.5 Å². The van der Waals surface area contributed by atoms with Crippen molar-refractivity contribution in [2.75, 3.05) is 24.2 Å². The molecule has 0 saturated carbocycles. The smallest absolute Gasteiger partial charge is 0.244 e. The summed E-state index contributed by atoms with van der Waals surface area (Å²) in [6.07, 6.45) is 2.26. The average molecular weight is 518 g/mol. The molecule has 0 aliphatic carbocycles. The third-order valence-corrected chi connectivity index (χ3v) is 6.85. The number of carbonyl (C=O) groups is 2. The van der Waals surface area contributed by atoms with Crippen LogP contribution in [0.2, 0.25) is 0 Å². The largest absolute Gasteiger partial charge is 0.497 e. The van der Waals surface area contributed by atoms with E-state index < -0.39 is 34.1 Å². The summed E-state index contributed by atoms with van der Waals surface area (Å²) in [5, 5.41) is 2.95. The van der Waals surface area contributed by atoms with Crippen LogP contribution < -0.4 is 14.4 Å². The molecule has 9 heteroatoms. The number of carbonyl (C=O) groups excluding carboxylic acids is 2. The Bertz CT molecular complexity index is 1120. The van der Waals surface area contributed by atoms with Gasteiger partial charge in [0.2, 0.25) is 21.8 Å². The second-order valence-corrected chi connectivity index (χ2v) is 11.7. The molecule has 0 heterocycles. The SMILES string of the molecule is CCc1ccc(N(CC(=O)N(Cc2ccc(OC)cc2)[C@H](CC)C(=O)NC(C)(C)C)S(C)(=O)=O)cc1. The van der Waals surface area contributed by atoms with Gasteiger partial charge in [-0.3, -0.25) is 13.9 Å². The molecular weight excluding hydrogens is 478 g/mol. The van der Waals surface area contributed by atoms with Gasteiger partial charge in [0.15, 0.2) is 0 Å². The van der Waals surface area contributed by atoms with E-state index in [1.807, 2.05) is 58.9 Å². The topological polar surface area (TPSA) is 96.0 Å². The average Bonchev–Trinajstić information content (AvgIpc) is 2.81. The number of hydrogen-bond donors (Lipinski definition) is 1. The summed E-state index contributed by atoms with van der Waals surface area (Å²) in [6, 6.07) is 13.5. The molecular formula is C27H39N3O5S. The van der Waals surface area contributed by atoms with Crippen LogP contribution in [0.1, 0.15) is 52.2 Å². The number of sulfonamides is 1. The molecule has 36 heavy (non-hydrogen) atoms. The van der Waals surface area contributed by atoms with Crippen molar-refractivity contribution in [3.63, 3.8) is 0 Å². The maximum absolute atomic E-state index is 13.7. The van der Waals surface area contributed by atoms with Gasteiger partial charge in [0.1, 0.15) is 18.3 Å². The summed E-state index contributed by atoms with van der Waals surface area (Å²) < 4.78 is 31.7. The molecule has 1 atom stereocenters. The summed E-state index contributed by atoms with van der Waals surface area (Å²) in [5.74, 6) is -0.0790. The number of rotatable bonds is 11. The standard InChI is InChI=1S/C27H39N3O5S/c1-8-20-10-14-22(15-11-20)30(36(7,33)34)19-25(31)29(18-21-12-16-23(35-6)17-13-21)24(9-2)26(32)28-27(3,4)5/h10-17,24H,8-9,18-19H2,1-7H3,(H,28,32)/t24-/m1/s1. The highest BCUT2D eigenvalue weighted by atomic mass is 32.2. The summed E-state index contributed by atoms with van der Waals surface area (Å²) >= 11 is 0. The number of amides is 2. The van der Waals surface area contributed by atoms with Crippen molar-refractivity contribution >= 4 is 27.5 Å². The lowest BCUT2D eigenvalue weighted by atomic mass is 10.1. The number of methoxy groups -OCH3 is 1. The van der Waals surface area contributed by atoms with Crippen LogP contribution in [0, 0.1) is 0 Å². The predicted octanol–water partition coefficient (Wildman–Crippen LogP) is 3.75. The van der Waals surface area contributed by atoms with Crippen LogP contribution in [0.4, 0.5) is 5.69 Å². The number of nitrogens with zero attached hydrogens (tertiary/aromatic N) is 2. The first kappa shape index (κ1) is 29.2. The van der Waals surface area contributed by atoms with Gasteiger partial charge in [-0.15, -0.1) is 0 Å². The van der Waals surface area contributed by atoms with Gasteiger partial charge in [-0.05, 0) is 69.0 Å². The van der Waals surface area contributed by atoms with Gasteiger partial charge in [-0.2, -0.15) is 0 Å². The minimum absolute atomic E-state index is 0.144. The number of hydrogen-bond acceptors (Lipinski definition) is 5. The maximum Gasteiger partial charge on any atom is 0.244 e. The maximum atomic E-state index is 13.7. The monoisotopic (exact) mass is 517 g/mol. The minimum atomic E-state index is -3.76. The number of nitrogens with one attached hydrogen (secondary N) is 1. The van der Waals surface area contributed by atoms with Crippen molar-refractivity contribution in [3.8, 4) is 5.75 Å². The molecule has 2 rings (SSSR count). The highest BCUT2D eigenvalue weighted by molar-refractivity contribution is 7.92. The fourth-order valence-electron chi connectivity index (χ4n) is 3.81. The zero-order chi connectivity index (χ0) is 27.1. The molecule has 1 N–H and O–H groups in total. The summed E-state index contributed by atoms with van der Waals surface area (Å²) in [5.41, 5.74) is 1.77. The number of anilines is 1. The van der Waals surface area contributed by atoms with Crippen molar-refractivity contribution in [2.24, 2.45) is 0 Å². The predicted molar refractivity (Wildman–Crippen MR) is 144 cm³/mol. The van der Waals surface area contributed by atoms with Crippen LogP contribution in [-0.2, 0) is 32.6 Å². The van der Waals surface area contributed by atoms with Crippen LogP contribution in [0.5, 0.6) is 5.75 Å². The Kier molecular flexibility index (Phi) is 9.93. The van der Waals surface area contributed by atoms with Gasteiger partial charge in [0, 0.05) is 12.1 Å². The van der Waals surface area contributed by atoms with Crippen LogP contribution in [0.25, 0.3) is 0 Å². The molecule has 0 bridgehead atoms. The first-order valence-corrected chi connectivity index (χ1v) is 13.9. The number of aryl methyl sites for hydroxylation is 1. The molecule has 0 radical (unpaired) electrons. The van der Waals surface area contributed by atoms with Gasteiger partial charge in [-0.25, -0.2) is 8.42 Å². The van der Waals surface area contributed by atoms with Crippen molar-refractivity contribution in [1.29, 1.82) is 0 Å². The quantitative estimate of drug-likeness (QED) is 0.490. The van der Waals surface area contributed by atoms with Crippen LogP contribution in [0.3, 0.4) is 0 Å². The fraction of sp³-hybridized carbons (Fsp3) is 0.481. The molecule has 0 aromatic heterocycles. The second-order valence-electron chi connectivity index (χ2n) is 9.82. The third kappa shape index (κ3) is 8.26. The van der Waals surface area contributed by atoms with Crippen LogP contribution >= 0.6 is 0 Å². The molecule has 0 aliphatic heterocycles. The van der Waals surface area contributed by atoms with Crippen molar-refractivity contribution in [2.45, 2.75) is 65.6 Å². The number of benzene rings is 2. The van der Waals surface area contributed by atoms with Crippen LogP contribution in [-0.4, -0.2) is 56.6 Å². The van der Waals surface area contributed by atoms with Crippen molar-refractivity contribution < 1.29 is 22.7 Å². The molecule has 0 spiro atoms. The van der Waals surface area contributed by atoms with E-state index in [0.717, 1.165) is 28.1 Å². The highest BCUT2D eigenvalue weighted by Crippen LogP contribution is 2.21. The van der Waals surface area contributed by atoms with Gasteiger partial charge < -0.3 is 15.0 Å². The fourth-order valence-corrected chi connectivity index (χ4v) is 4.66. The van der Waals surface area contributed by atoms with E-state index in [2.05, 4.69) is 5.32 Å². The summed E-state index contributed by atoms with van der Waals surface area (Å²) in [6.45, 7) is 9.19. The van der Waals surface area contributed by atoms with Crippen molar-refractivity contribution in [3.05, 3.63) is 59.7 Å². The van der Waals surface area contributed by atoms with Gasteiger partial charge >= 0.3 is 0 Å². The molecule has 2 aromatic rings. The molecule has 0 aliphatic rings. The Balaban J connectivity index is 2.44. The lowest BCUT2D eigenvalue weighted by Gasteiger charge is -2.34. The molecule has 2 aromatic carbocycles. The molecule has 0 saturated heterocycles. The number of ether oxygens (including phenoxy) is 1. The molecule has 198 valence electrons. The summed E-state index contributed by atoms with van der Waals surface area (Å²) in [7, 11) is -2.19. The Labute approximate surface area is 215 Å². The summed E-state index contributed by atoms with van der Waals surface area (Å²) in [4.78, 5) is 28.4. The molecule has 8 nitrogen and oxygen atoms in total. The first-order chi connectivity index (χ1) is 16.8. The van der Waals surface area contributed by atoms with E-state index in [0.29, 0.717) is 17.9 Å². The van der Waals surface area contributed by atoms with E-state index in [1.54, 1.807) is 31.4 Å². The lowest BCUT2D eigenvalue weighted by Crippen LogP contribution is -2.55. The molecule has 0 fully saturated rings. The third-order valence-electron chi connectivity index (χ3n) is 5.71. The van der Waals surface area contributed by atoms with Crippen molar-refractivity contribution in [1.82, 2.24) is 10.2 Å². The van der Waals surface area contributed by atoms with E-state index in [1.165, 1.54) is 4.90 Å². The van der Waals surface area contributed by atoms with Gasteiger partial charge in [0.05, 0.1) is 19.1 Å². The van der Waals surface area contributed by atoms with Gasteiger partial charge in [-0.1, -0.05) is 38.1 Å².